The highest BCUT2D eigenvalue weighted by molar-refractivity contribution is 5.90. The first-order chi connectivity index (χ1) is 8.65. The van der Waals surface area contributed by atoms with E-state index >= 15 is 0 Å². The van der Waals surface area contributed by atoms with Crippen molar-refractivity contribution in [3.63, 3.8) is 0 Å². The average Bonchev–Trinajstić information content (AvgIpc) is 2.35. The fourth-order valence-electron chi connectivity index (χ4n) is 2.02. The van der Waals surface area contributed by atoms with Crippen LogP contribution in [0.4, 0.5) is 0 Å². The Balaban J connectivity index is 2.37. The van der Waals surface area contributed by atoms with Gasteiger partial charge in [0.15, 0.2) is 0 Å². The van der Waals surface area contributed by atoms with E-state index in [-0.39, 0.29) is 5.56 Å². The molecule has 0 bridgehead atoms. The summed E-state index contributed by atoms with van der Waals surface area (Å²) in [6.07, 6.45) is 4.55. The molecule has 0 saturated heterocycles. The Labute approximate surface area is 109 Å². The van der Waals surface area contributed by atoms with Gasteiger partial charge in [-0.05, 0) is 30.9 Å². The van der Waals surface area contributed by atoms with Gasteiger partial charge in [0.05, 0.1) is 6.61 Å². The van der Waals surface area contributed by atoms with E-state index in [1.807, 2.05) is 0 Å². The molecule has 3 nitrogen and oxygen atoms in total. The number of carbonyl (C=O) groups is 1. The normalized spacial score (nSPS) is 12.1. The predicted molar refractivity (Wildman–Crippen MR) is 72.2 cm³/mol. The minimum Gasteiger partial charge on any atom is -0.493 e. The van der Waals surface area contributed by atoms with E-state index in [4.69, 9.17) is 9.84 Å². The summed E-state index contributed by atoms with van der Waals surface area (Å²) in [5.41, 5.74) is 0.235. The Morgan fingerprint density at radius 3 is 2.72 bits per heavy atom. The molecule has 0 amide bonds. The number of hydrogen-bond donors (Lipinski definition) is 1. The monoisotopic (exact) mass is 250 g/mol. The van der Waals surface area contributed by atoms with Crippen LogP contribution in [0, 0.1) is 5.92 Å². The topological polar surface area (TPSA) is 46.5 Å². The lowest BCUT2D eigenvalue weighted by molar-refractivity contribution is 0.0692. The second-order valence-corrected chi connectivity index (χ2v) is 4.69. The third kappa shape index (κ3) is 4.78. The Bertz CT molecular complexity index is 374. The van der Waals surface area contributed by atoms with Crippen molar-refractivity contribution in [2.45, 2.75) is 39.5 Å². The van der Waals surface area contributed by atoms with E-state index in [1.54, 1.807) is 24.3 Å². The molecule has 1 rings (SSSR count). The number of hydrogen-bond acceptors (Lipinski definition) is 2. The van der Waals surface area contributed by atoms with Gasteiger partial charge in [0.25, 0.3) is 0 Å². The quantitative estimate of drug-likeness (QED) is 0.710. The summed E-state index contributed by atoms with van der Waals surface area (Å²) >= 11 is 0. The van der Waals surface area contributed by atoms with Crippen molar-refractivity contribution in [2.75, 3.05) is 6.61 Å². The van der Waals surface area contributed by atoms with Crippen molar-refractivity contribution in [3.05, 3.63) is 29.8 Å². The van der Waals surface area contributed by atoms with Crippen molar-refractivity contribution >= 4 is 5.97 Å². The van der Waals surface area contributed by atoms with Crippen LogP contribution < -0.4 is 4.74 Å². The van der Waals surface area contributed by atoms with Gasteiger partial charge in [0.2, 0.25) is 0 Å². The molecule has 1 aromatic rings. The van der Waals surface area contributed by atoms with E-state index in [9.17, 15) is 4.79 Å². The highest BCUT2D eigenvalue weighted by Crippen LogP contribution is 2.19. The Morgan fingerprint density at radius 2 is 2.06 bits per heavy atom. The minimum absolute atomic E-state index is 0.235. The molecule has 1 atom stereocenters. The van der Waals surface area contributed by atoms with E-state index in [0.29, 0.717) is 18.3 Å². The third-order valence-corrected chi connectivity index (χ3v) is 3.00. The number of rotatable bonds is 8. The first kappa shape index (κ1) is 14.6. The fraction of sp³-hybridized carbons (Fsp3) is 0.533. The first-order valence-corrected chi connectivity index (χ1v) is 6.60. The smallest absolute Gasteiger partial charge is 0.339 e. The summed E-state index contributed by atoms with van der Waals surface area (Å²) in [6.45, 7) is 5.02. The second kappa shape index (κ2) is 7.75. The minimum atomic E-state index is -0.940. The summed E-state index contributed by atoms with van der Waals surface area (Å²) in [4.78, 5) is 11.0. The van der Waals surface area contributed by atoms with Crippen molar-refractivity contribution < 1.29 is 14.6 Å². The molecule has 0 aliphatic rings. The summed E-state index contributed by atoms with van der Waals surface area (Å²) < 4.78 is 5.55. The van der Waals surface area contributed by atoms with Crippen LogP contribution in [0.3, 0.4) is 0 Å². The maximum atomic E-state index is 11.0. The molecule has 0 radical (unpaired) electrons. The van der Waals surface area contributed by atoms with Gasteiger partial charge in [0.1, 0.15) is 11.3 Å². The molecule has 0 aliphatic heterocycles. The van der Waals surface area contributed by atoms with Crippen LogP contribution in [0.2, 0.25) is 0 Å². The molecular weight excluding hydrogens is 228 g/mol. The van der Waals surface area contributed by atoms with Crippen LogP contribution in [0.25, 0.3) is 0 Å². The SMILES string of the molecule is CCCC(C)CCCOc1ccccc1C(=O)O. The predicted octanol–water partition coefficient (Wildman–Crippen LogP) is 3.98. The molecule has 100 valence electrons. The van der Waals surface area contributed by atoms with Crippen LogP contribution in [0.5, 0.6) is 5.75 Å². The molecule has 18 heavy (non-hydrogen) atoms. The number of carboxylic acid groups (broad SMARTS) is 1. The molecule has 1 aromatic carbocycles. The van der Waals surface area contributed by atoms with E-state index in [1.165, 1.54) is 12.8 Å². The van der Waals surface area contributed by atoms with Gasteiger partial charge >= 0.3 is 5.97 Å². The number of benzene rings is 1. The zero-order valence-corrected chi connectivity index (χ0v) is 11.2. The molecule has 1 unspecified atom stereocenters. The maximum Gasteiger partial charge on any atom is 0.339 e. The Kier molecular flexibility index (Phi) is 6.26. The van der Waals surface area contributed by atoms with Gasteiger partial charge in [-0.3, -0.25) is 0 Å². The van der Waals surface area contributed by atoms with E-state index < -0.39 is 5.97 Å². The molecule has 0 fully saturated rings. The highest BCUT2D eigenvalue weighted by atomic mass is 16.5. The average molecular weight is 250 g/mol. The molecular formula is C15H22O3. The lowest BCUT2D eigenvalue weighted by atomic mass is 10.0. The lowest BCUT2D eigenvalue weighted by Crippen LogP contribution is -2.05. The van der Waals surface area contributed by atoms with Crippen molar-refractivity contribution in [1.82, 2.24) is 0 Å². The van der Waals surface area contributed by atoms with Gasteiger partial charge in [-0.2, -0.15) is 0 Å². The zero-order valence-electron chi connectivity index (χ0n) is 11.2. The first-order valence-electron chi connectivity index (χ1n) is 6.60. The third-order valence-electron chi connectivity index (χ3n) is 3.00. The highest BCUT2D eigenvalue weighted by Gasteiger charge is 2.09. The number of carboxylic acids is 1. The van der Waals surface area contributed by atoms with Crippen LogP contribution >= 0.6 is 0 Å². The maximum absolute atomic E-state index is 11.0. The van der Waals surface area contributed by atoms with Gasteiger partial charge in [-0.15, -0.1) is 0 Å². The van der Waals surface area contributed by atoms with Crippen LogP contribution in [-0.2, 0) is 0 Å². The van der Waals surface area contributed by atoms with Crippen LogP contribution in [-0.4, -0.2) is 17.7 Å². The molecule has 0 aliphatic carbocycles. The number of aromatic carboxylic acids is 1. The van der Waals surface area contributed by atoms with E-state index in [0.717, 1.165) is 12.8 Å². The fourth-order valence-corrected chi connectivity index (χ4v) is 2.02. The summed E-state index contributed by atoms with van der Waals surface area (Å²) in [5, 5.41) is 9.00. The van der Waals surface area contributed by atoms with Gasteiger partial charge in [-0.25, -0.2) is 4.79 Å². The summed E-state index contributed by atoms with van der Waals surface area (Å²) in [5.74, 6) is 0.242. The van der Waals surface area contributed by atoms with Crippen molar-refractivity contribution in [2.24, 2.45) is 5.92 Å². The van der Waals surface area contributed by atoms with E-state index in [2.05, 4.69) is 13.8 Å². The number of para-hydroxylation sites is 1. The largest absolute Gasteiger partial charge is 0.493 e. The molecule has 0 saturated carbocycles. The lowest BCUT2D eigenvalue weighted by Gasteiger charge is -2.11. The van der Waals surface area contributed by atoms with Crippen LogP contribution in [0.15, 0.2) is 24.3 Å². The molecule has 0 spiro atoms. The van der Waals surface area contributed by atoms with Gasteiger partial charge in [-0.1, -0.05) is 38.8 Å². The second-order valence-electron chi connectivity index (χ2n) is 4.69. The Hall–Kier alpha value is -1.51. The standard InChI is InChI=1S/C15H22O3/c1-3-7-12(2)8-6-11-18-14-10-5-4-9-13(14)15(16)17/h4-5,9-10,12H,3,6-8,11H2,1-2H3,(H,16,17). The molecule has 3 heteroatoms. The molecule has 1 N–H and O–H groups in total. The van der Waals surface area contributed by atoms with Crippen molar-refractivity contribution in [3.8, 4) is 5.75 Å². The molecule has 0 aromatic heterocycles. The Morgan fingerprint density at radius 1 is 1.33 bits per heavy atom. The van der Waals surface area contributed by atoms with Crippen LogP contribution in [0.1, 0.15) is 49.9 Å². The zero-order chi connectivity index (χ0) is 13.4. The number of ether oxygens (including phenoxy) is 1. The summed E-state index contributed by atoms with van der Waals surface area (Å²) in [6, 6.07) is 6.78. The van der Waals surface area contributed by atoms with Gasteiger partial charge in [0, 0.05) is 0 Å². The summed E-state index contributed by atoms with van der Waals surface area (Å²) in [7, 11) is 0. The van der Waals surface area contributed by atoms with Crippen molar-refractivity contribution in [1.29, 1.82) is 0 Å². The van der Waals surface area contributed by atoms with Gasteiger partial charge < -0.3 is 9.84 Å². The molecule has 0 heterocycles.